The third-order valence-corrected chi connectivity index (χ3v) is 9.82. The molecule has 43 heavy (non-hydrogen) atoms. The first-order valence-electron chi connectivity index (χ1n) is 16.1. The monoisotopic (exact) mass is 589 g/mol. The molecular formula is C33H47N7O3. The van der Waals surface area contributed by atoms with Crippen LogP contribution in [-0.2, 0) is 20.8 Å². The molecule has 3 amide bonds. The molecule has 0 radical (unpaired) electrons. The summed E-state index contributed by atoms with van der Waals surface area (Å²) in [6.45, 7) is 3.43. The highest BCUT2D eigenvalue weighted by atomic mass is 16.2. The number of carbonyl (C=O) groups is 3. The van der Waals surface area contributed by atoms with E-state index >= 15 is 0 Å². The number of benzene rings is 1. The molecule has 0 bridgehead atoms. The average Bonchev–Trinajstić information content (AvgIpc) is 3.67. The first-order valence-corrected chi connectivity index (χ1v) is 16.1. The summed E-state index contributed by atoms with van der Waals surface area (Å²) in [5, 5.41) is 8.95. The number of hydrogen-bond donors (Lipinski definition) is 3. The van der Waals surface area contributed by atoms with Gasteiger partial charge in [0, 0.05) is 25.5 Å². The van der Waals surface area contributed by atoms with Crippen molar-refractivity contribution >= 4 is 24.2 Å². The van der Waals surface area contributed by atoms with Crippen molar-refractivity contribution in [2.45, 2.75) is 101 Å². The first kappa shape index (κ1) is 30.9. The quantitative estimate of drug-likeness (QED) is 0.405. The minimum absolute atomic E-state index is 0.0945. The van der Waals surface area contributed by atoms with Gasteiger partial charge in [-0.05, 0) is 82.0 Å². The van der Waals surface area contributed by atoms with E-state index in [0.29, 0.717) is 0 Å². The van der Waals surface area contributed by atoms with Gasteiger partial charge in [0.2, 0.25) is 24.2 Å². The van der Waals surface area contributed by atoms with E-state index in [9.17, 15) is 14.4 Å². The highest BCUT2D eigenvalue weighted by molar-refractivity contribution is 5.90. The molecule has 232 valence electrons. The Labute approximate surface area is 255 Å². The standard InChI is InChI=1S/C22H34N6O2.C11H13NO/c1-15(23-2)20(29)26-19(16-7-4-3-5-8-16)21(30)27-13-9-18-17(27)10-14-28(18)22-24-11-6-12-25-22;13-8-12-11-7-3-5-9-4-1-2-6-10(9)11/h6,11-12,15-19,23H,3-5,7-10,13-14H2,1-2H3,(H,26,29);1-2,4,6,8,11H,3,5,7H2,(H,12,13)/t15-,17?,18?,19?;/m0./s1. The fourth-order valence-electron chi connectivity index (χ4n) is 7.39. The summed E-state index contributed by atoms with van der Waals surface area (Å²) in [4.78, 5) is 49.8. The Hall–Kier alpha value is -3.53. The summed E-state index contributed by atoms with van der Waals surface area (Å²) in [5.74, 6) is 0.984. The zero-order valence-electron chi connectivity index (χ0n) is 25.6. The minimum atomic E-state index is -0.422. The van der Waals surface area contributed by atoms with Crippen LogP contribution in [0.5, 0.6) is 0 Å². The first-order chi connectivity index (χ1) is 21.0. The van der Waals surface area contributed by atoms with E-state index < -0.39 is 6.04 Å². The molecule has 10 heteroatoms. The SMILES string of the molecule is CN[C@@H](C)C(=O)NC(C(=O)N1CCC2C1CCN2c1ncccn1)C1CCCCC1.O=CNC1CCCc2ccccc21. The van der Waals surface area contributed by atoms with Gasteiger partial charge in [0.1, 0.15) is 6.04 Å². The number of aromatic nitrogens is 2. The van der Waals surface area contributed by atoms with Crippen LogP contribution in [0, 0.1) is 5.92 Å². The number of nitrogens with one attached hydrogen (secondary N) is 3. The lowest BCUT2D eigenvalue weighted by atomic mass is 9.83. The van der Waals surface area contributed by atoms with Gasteiger partial charge in [0.05, 0.1) is 24.2 Å². The number of carbonyl (C=O) groups excluding carboxylic acids is 3. The Morgan fingerprint density at radius 3 is 2.42 bits per heavy atom. The van der Waals surface area contributed by atoms with Crippen molar-refractivity contribution in [1.82, 2.24) is 30.8 Å². The highest BCUT2D eigenvalue weighted by Gasteiger charge is 2.47. The highest BCUT2D eigenvalue weighted by Crippen LogP contribution is 2.36. The lowest BCUT2D eigenvalue weighted by molar-refractivity contribution is -0.139. The predicted molar refractivity (Wildman–Crippen MR) is 166 cm³/mol. The number of aryl methyl sites for hydroxylation is 1. The van der Waals surface area contributed by atoms with E-state index in [1.54, 1.807) is 19.4 Å². The molecule has 2 aromatic rings. The van der Waals surface area contributed by atoms with Crippen LogP contribution >= 0.6 is 0 Å². The molecule has 2 saturated heterocycles. The molecular weight excluding hydrogens is 542 g/mol. The number of likely N-dealkylation sites (N-methyl/N-ethyl adjacent to an activating group) is 1. The molecule has 4 unspecified atom stereocenters. The van der Waals surface area contributed by atoms with Gasteiger partial charge in [0.25, 0.3) is 0 Å². The third kappa shape index (κ3) is 7.17. The number of anilines is 1. The maximum Gasteiger partial charge on any atom is 0.245 e. The number of hydrogen-bond acceptors (Lipinski definition) is 7. The molecule has 1 saturated carbocycles. The van der Waals surface area contributed by atoms with Gasteiger partial charge in [-0.3, -0.25) is 14.4 Å². The Kier molecular flexibility index (Phi) is 10.6. The van der Waals surface area contributed by atoms with Crippen LogP contribution in [0.15, 0.2) is 42.7 Å². The van der Waals surface area contributed by atoms with Crippen LogP contribution in [0.25, 0.3) is 0 Å². The van der Waals surface area contributed by atoms with Crippen LogP contribution in [-0.4, -0.2) is 77.4 Å². The van der Waals surface area contributed by atoms with Gasteiger partial charge >= 0.3 is 0 Å². The van der Waals surface area contributed by atoms with Crippen LogP contribution in [0.2, 0.25) is 0 Å². The van der Waals surface area contributed by atoms with Crippen molar-refractivity contribution in [2.75, 3.05) is 25.0 Å². The van der Waals surface area contributed by atoms with E-state index in [0.717, 1.165) is 76.8 Å². The fraction of sp³-hybridized carbons (Fsp3) is 0.606. The van der Waals surface area contributed by atoms with Gasteiger partial charge < -0.3 is 25.8 Å². The number of likely N-dealkylation sites (tertiary alicyclic amines) is 1. The molecule has 5 atom stereocenters. The number of rotatable bonds is 8. The fourth-order valence-corrected chi connectivity index (χ4v) is 7.39. The van der Waals surface area contributed by atoms with E-state index in [1.807, 2.05) is 24.0 Å². The summed E-state index contributed by atoms with van der Waals surface area (Å²) in [6, 6.07) is 10.1. The van der Waals surface area contributed by atoms with Crippen molar-refractivity contribution in [3.8, 4) is 0 Å². The van der Waals surface area contributed by atoms with E-state index in [4.69, 9.17) is 0 Å². The Morgan fingerprint density at radius 2 is 1.67 bits per heavy atom. The molecule has 2 aliphatic carbocycles. The van der Waals surface area contributed by atoms with Crippen LogP contribution in [0.4, 0.5) is 5.95 Å². The molecule has 10 nitrogen and oxygen atoms in total. The second kappa shape index (κ2) is 14.8. The summed E-state index contributed by atoms with van der Waals surface area (Å²) < 4.78 is 0. The van der Waals surface area contributed by atoms with E-state index in [2.05, 4.69) is 49.0 Å². The van der Waals surface area contributed by atoms with E-state index in [1.165, 1.54) is 24.0 Å². The summed E-state index contributed by atoms with van der Waals surface area (Å²) in [6.07, 6.45) is 15.1. The van der Waals surface area contributed by atoms with Crippen molar-refractivity contribution in [1.29, 1.82) is 0 Å². The second-order valence-electron chi connectivity index (χ2n) is 12.3. The molecule has 1 aromatic carbocycles. The zero-order valence-corrected chi connectivity index (χ0v) is 25.6. The van der Waals surface area contributed by atoms with Crippen molar-refractivity contribution in [3.63, 3.8) is 0 Å². The van der Waals surface area contributed by atoms with Crippen molar-refractivity contribution in [3.05, 3.63) is 53.9 Å². The van der Waals surface area contributed by atoms with E-state index in [-0.39, 0.29) is 41.9 Å². The molecule has 2 aliphatic heterocycles. The van der Waals surface area contributed by atoms with Gasteiger partial charge in [0.15, 0.2) is 0 Å². The molecule has 1 aromatic heterocycles. The molecule has 6 rings (SSSR count). The largest absolute Gasteiger partial charge is 0.352 e. The van der Waals surface area contributed by atoms with Gasteiger partial charge in [-0.15, -0.1) is 0 Å². The number of amides is 3. The summed E-state index contributed by atoms with van der Waals surface area (Å²) >= 11 is 0. The predicted octanol–water partition coefficient (Wildman–Crippen LogP) is 3.14. The van der Waals surface area contributed by atoms with Crippen LogP contribution in [0.1, 0.15) is 81.9 Å². The smallest absolute Gasteiger partial charge is 0.245 e. The summed E-state index contributed by atoms with van der Waals surface area (Å²) in [7, 11) is 1.77. The van der Waals surface area contributed by atoms with Crippen LogP contribution in [0.3, 0.4) is 0 Å². The Morgan fingerprint density at radius 1 is 0.930 bits per heavy atom. The molecule has 4 aliphatic rings. The minimum Gasteiger partial charge on any atom is -0.352 e. The normalized spacial score (nSPS) is 24.6. The number of nitrogens with zero attached hydrogens (tertiary/aromatic N) is 4. The summed E-state index contributed by atoms with van der Waals surface area (Å²) in [5.41, 5.74) is 2.67. The lowest BCUT2D eigenvalue weighted by Gasteiger charge is -2.35. The molecule has 3 N–H and O–H groups in total. The topological polar surface area (TPSA) is 120 Å². The third-order valence-electron chi connectivity index (χ3n) is 9.82. The van der Waals surface area contributed by atoms with Gasteiger partial charge in [-0.2, -0.15) is 0 Å². The Balaban J connectivity index is 0.000000235. The van der Waals surface area contributed by atoms with Crippen molar-refractivity contribution in [2.24, 2.45) is 5.92 Å². The Bertz CT molecular complexity index is 1220. The van der Waals surface area contributed by atoms with Gasteiger partial charge in [-0.25, -0.2) is 9.97 Å². The molecule has 3 heterocycles. The van der Waals surface area contributed by atoms with Gasteiger partial charge in [-0.1, -0.05) is 43.5 Å². The van der Waals surface area contributed by atoms with Crippen LogP contribution < -0.4 is 20.9 Å². The zero-order chi connectivity index (χ0) is 30.2. The maximum absolute atomic E-state index is 13.7. The number of fused-ring (bicyclic) bond motifs is 2. The molecule has 0 spiro atoms. The maximum atomic E-state index is 13.7. The lowest BCUT2D eigenvalue weighted by Crippen LogP contribution is -2.56. The second-order valence-corrected chi connectivity index (χ2v) is 12.3. The molecule has 3 fully saturated rings. The van der Waals surface area contributed by atoms with Crippen molar-refractivity contribution < 1.29 is 14.4 Å². The average molecular weight is 590 g/mol.